The number of fused-ring (bicyclic) bond motifs is 1. The van der Waals surface area contributed by atoms with E-state index in [0.717, 1.165) is 11.2 Å². The molecule has 1 amide bonds. The van der Waals surface area contributed by atoms with Crippen LogP contribution in [0.5, 0.6) is 0 Å². The van der Waals surface area contributed by atoms with Gasteiger partial charge in [0.15, 0.2) is 0 Å². The van der Waals surface area contributed by atoms with Crippen molar-refractivity contribution in [2.24, 2.45) is 0 Å². The molecular weight excluding hydrogens is 377 g/mol. The summed E-state index contributed by atoms with van der Waals surface area (Å²) in [5.74, 6) is -0.185. The Labute approximate surface area is 162 Å². The number of aromatic nitrogens is 2. The minimum Gasteiger partial charge on any atom is -0.381 e. The van der Waals surface area contributed by atoms with Gasteiger partial charge in [-0.05, 0) is 42.7 Å². The third kappa shape index (κ3) is 3.87. The van der Waals surface area contributed by atoms with Crippen LogP contribution in [0.1, 0.15) is 28.8 Å². The van der Waals surface area contributed by atoms with Crippen LogP contribution in [0, 0.1) is 0 Å². The number of imidazole rings is 1. The van der Waals surface area contributed by atoms with Gasteiger partial charge in [-0.3, -0.25) is 9.36 Å². The van der Waals surface area contributed by atoms with Crippen molar-refractivity contribution >= 4 is 24.2 Å². The highest BCUT2D eigenvalue weighted by atomic mass is 31.2. The lowest BCUT2D eigenvalue weighted by atomic mass is 10.2. The number of carbonyl (C=O) groups is 1. The number of nitrogens with one attached hydrogen (secondary N) is 1. The molecule has 4 rings (SSSR count). The summed E-state index contributed by atoms with van der Waals surface area (Å²) in [5, 5.41) is 3.33. The quantitative estimate of drug-likeness (QED) is 0.643. The molecule has 2 aromatic heterocycles. The molecule has 1 saturated heterocycles. The molecule has 146 valence electrons. The van der Waals surface area contributed by atoms with Crippen LogP contribution in [0.15, 0.2) is 55.0 Å². The Hall–Kier alpha value is -2.47. The molecule has 8 heteroatoms. The third-order valence-electron chi connectivity index (χ3n) is 5.10. The van der Waals surface area contributed by atoms with Crippen LogP contribution in [0.4, 0.5) is 0 Å². The lowest BCUT2D eigenvalue weighted by Crippen LogP contribution is -2.25. The van der Waals surface area contributed by atoms with Crippen LogP contribution in [-0.4, -0.2) is 39.1 Å². The first kappa shape index (κ1) is 18.9. The van der Waals surface area contributed by atoms with Gasteiger partial charge >= 0.3 is 0 Å². The zero-order chi connectivity index (χ0) is 19.6. The second-order valence-electron chi connectivity index (χ2n) is 6.93. The lowest BCUT2D eigenvalue weighted by molar-refractivity contribution is 0.0950. The predicted octanol–water partition coefficient (Wildman–Crippen LogP) is 2.34. The molecule has 0 bridgehead atoms. The minimum atomic E-state index is -3.42. The largest absolute Gasteiger partial charge is 0.381 e. The average molecular weight is 399 g/mol. The maximum Gasteiger partial charge on any atom is 0.253 e. The standard InChI is InChI=1S/C20H22N3O4P/c24-20(16-3-6-19-21-9-10-23(19)14-16)22-13-15-1-4-17(5-2-15)28(25,26)18-7-11-27-12-8-18/h1-6,9-10,14,18H,7-8,11-13H2,(H,22,24)(H,25,26). The second-order valence-corrected chi connectivity index (χ2v) is 9.42. The van der Waals surface area contributed by atoms with Crippen LogP contribution in [0.2, 0.25) is 0 Å². The summed E-state index contributed by atoms with van der Waals surface area (Å²) in [5.41, 5.74) is 1.95. The number of benzene rings is 1. The summed E-state index contributed by atoms with van der Waals surface area (Å²) in [6.45, 7) is 1.41. The molecule has 7 nitrogen and oxygen atoms in total. The van der Waals surface area contributed by atoms with Gasteiger partial charge in [-0.25, -0.2) is 4.98 Å². The Morgan fingerprint density at radius 2 is 1.96 bits per heavy atom. The Kier molecular flexibility index (Phi) is 5.31. The van der Waals surface area contributed by atoms with E-state index in [9.17, 15) is 14.3 Å². The topological polar surface area (TPSA) is 92.9 Å². The van der Waals surface area contributed by atoms with Crippen LogP contribution >= 0.6 is 7.37 Å². The fourth-order valence-electron chi connectivity index (χ4n) is 3.41. The van der Waals surface area contributed by atoms with E-state index in [-0.39, 0.29) is 11.6 Å². The monoisotopic (exact) mass is 399 g/mol. The first-order chi connectivity index (χ1) is 13.5. The highest BCUT2D eigenvalue weighted by molar-refractivity contribution is 7.66. The number of pyridine rings is 1. The minimum absolute atomic E-state index is 0.185. The second kappa shape index (κ2) is 7.87. The summed E-state index contributed by atoms with van der Waals surface area (Å²) < 4.78 is 19.9. The molecule has 1 aromatic carbocycles. The molecule has 3 heterocycles. The van der Waals surface area contributed by atoms with E-state index < -0.39 is 7.37 Å². The molecule has 1 aliphatic rings. The molecule has 0 aliphatic carbocycles. The maximum atomic E-state index is 12.8. The summed E-state index contributed by atoms with van der Waals surface area (Å²) in [7, 11) is -3.42. The highest BCUT2D eigenvalue weighted by Crippen LogP contribution is 2.49. The average Bonchev–Trinajstić information content (AvgIpc) is 3.21. The number of nitrogens with zero attached hydrogens (tertiary/aromatic N) is 2. The lowest BCUT2D eigenvalue weighted by Gasteiger charge is -2.26. The van der Waals surface area contributed by atoms with E-state index in [2.05, 4.69) is 10.3 Å². The molecule has 1 fully saturated rings. The number of rotatable bonds is 5. The fourth-order valence-corrected chi connectivity index (χ4v) is 5.32. The molecule has 0 radical (unpaired) electrons. The van der Waals surface area contributed by atoms with Crippen molar-refractivity contribution in [1.82, 2.24) is 14.7 Å². The Bertz CT molecular complexity index is 1030. The van der Waals surface area contributed by atoms with Gasteiger partial charge in [-0.15, -0.1) is 0 Å². The van der Waals surface area contributed by atoms with Crippen LogP contribution in [0.3, 0.4) is 0 Å². The zero-order valence-electron chi connectivity index (χ0n) is 15.3. The van der Waals surface area contributed by atoms with E-state index in [1.54, 1.807) is 59.4 Å². The van der Waals surface area contributed by atoms with Crippen LogP contribution in [0.25, 0.3) is 5.65 Å². The molecule has 1 unspecified atom stereocenters. The Morgan fingerprint density at radius 3 is 2.71 bits per heavy atom. The van der Waals surface area contributed by atoms with E-state index in [4.69, 9.17) is 4.74 Å². The SMILES string of the molecule is O=C(NCc1ccc(P(=O)(O)C2CCOCC2)cc1)c1ccc2nccn2c1. The fraction of sp³-hybridized carbons (Fsp3) is 0.300. The van der Waals surface area contributed by atoms with Gasteiger partial charge in [0.1, 0.15) is 5.65 Å². The predicted molar refractivity (Wildman–Crippen MR) is 106 cm³/mol. The van der Waals surface area contributed by atoms with Crippen molar-refractivity contribution in [2.45, 2.75) is 25.0 Å². The summed E-state index contributed by atoms with van der Waals surface area (Å²) in [6.07, 6.45) is 6.41. The van der Waals surface area contributed by atoms with Crippen molar-refractivity contribution in [3.8, 4) is 0 Å². The zero-order valence-corrected chi connectivity index (χ0v) is 16.2. The number of amides is 1. The van der Waals surface area contributed by atoms with Crippen LogP contribution < -0.4 is 10.6 Å². The van der Waals surface area contributed by atoms with Gasteiger partial charge in [0, 0.05) is 49.3 Å². The first-order valence-electron chi connectivity index (χ1n) is 9.25. The summed E-state index contributed by atoms with van der Waals surface area (Å²) >= 11 is 0. The van der Waals surface area contributed by atoms with Crippen molar-refractivity contribution in [1.29, 1.82) is 0 Å². The van der Waals surface area contributed by atoms with E-state index in [0.29, 0.717) is 43.5 Å². The van der Waals surface area contributed by atoms with Gasteiger partial charge in [-0.2, -0.15) is 0 Å². The van der Waals surface area contributed by atoms with Gasteiger partial charge in [-0.1, -0.05) is 12.1 Å². The molecule has 28 heavy (non-hydrogen) atoms. The van der Waals surface area contributed by atoms with Gasteiger partial charge < -0.3 is 19.3 Å². The summed E-state index contributed by atoms with van der Waals surface area (Å²) in [6, 6.07) is 10.5. The van der Waals surface area contributed by atoms with Crippen molar-refractivity contribution in [2.75, 3.05) is 13.2 Å². The van der Waals surface area contributed by atoms with Crippen molar-refractivity contribution in [3.05, 3.63) is 66.1 Å². The smallest absolute Gasteiger partial charge is 0.253 e. The molecule has 0 spiro atoms. The van der Waals surface area contributed by atoms with Crippen molar-refractivity contribution in [3.63, 3.8) is 0 Å². The van der Waals surface area contributed by atoms with Gasteiger partial charge in [0.25, 0.3) is 5.91 Å². The Morgan fingerprint density at radius 1 is 1.21 bits per heavy atom. The first-order valence-corrected chi connectivity index (χ1v) is 11.0. The number of hydrogen-bond acceptors (Lipinski definition) is 4. The molecule has 3 aromatic rings. The molecule has 1 atom stereocenters. The van der Waals surface area contributed by atoms with Gasteiger partial charge in [0.2, 0.25) is 7.37 Å². The normalized spacial score (nSPS) is 17.3. The number of ether oxygens (including phenoxy) is 1. The van der Waals surface area contributed by atoms with Gasteiger partial charge in [0.05, 0.1) is 5.56 Å². The van der Waals surface area contributed by atoms with E-state index >= 15 is 0 Å². The highest BCUT2D eigenvalue weighted by Gasteiger charge is 2.33. The van der Waals surface area contributed by atoms with Crippen molar-refractivity contribution < 1.29 is 19.0 Å². The maximum absolute atomic E-state index is 12.8. The molecule has 0 saturated carbocycles. The molecule has 2 N–H and O–H groups in total. The summed E-state index contributed by atoms with van der Waals surface area (Å²) in [4.78, 5) is 27.1. The number of hydrogen-bond donors (Lipinski definition) is 2. The number of carbonyl (C=O) groups excluding carboxylic acids is 1. The molecule has 1 aliphatic heterocycles. The van der Waals surface area contributed by atoms with E-state index in [1.807, 2.05) is 0 Å². The third-order valence-corrected chi connectivity index (χ3v) is 7.64. The molecular formula is C20H22N3O4P. The van der Waals surface area contributed by atoms with E-state index in [1.165, 1.54) is 0 Å². The van der Waals surface area contributed by atoms with Crippen LogP contribution in [-0.2, 0) is 15.8 Å². The Balaban J connectivity index is 1.40.